The van der Waals surface area contributed by atoms with Gasteiger partial charge in [-0.15, -0.1) is 0 Å². The van der Waals surface area contributed by atoms with Crippen molar-refractivity contribution in [3.63, 3.8) is 0 Å². The number of ether oxygens (including phenoxy) is 1. The first-order chi connectivity index (χ1) is 9.85. The van der Waals surface area contributed by atoms with Crippen LogP contribution in [0.15, 0.2) is 34.7 Å². The molecule has 0 aliphatic heterocycles. The number of nitrogens with one attached hydrogen (secondary N) is 1. The predicted molar refractivity (Wildman–Crippen MR) is 83.0 cm³/mol. The Labute approximate surface area is 121 Å². The van der Waals surface area contributed by atoms with E-state index in [-0.39, 0.29) is 6.04 Å². The fourth-order valence-corrected chi connectivity index (χ4v) is 2.29. The van der Waals surface area contributed by atoms with Crippen LogP contribution in [0.3, 0.4) is 0 Å². The van der Waals surface area contributed by atoms with Crippen molar-refractivity contribution < 1.29 is 9.15 Å². The van der Waals surface area contributed by atoms with E-state index in [2.05, 4.69) is 31.3 Å². The number of benzene rings is 1. The molecular formula is C17H25NO2. The summed E-state index contributed by atoms with van der Waals surface area (Å²) in [6, 6.07) is 10.5. The molecule has 0 spiro atoms. The molecule has 1 unspecified atom stereocenters. The van der Waals surface area contributed by atoms with Crippen LogP contribution in [0.4, 0.5) is 0 Å². The first-order valence-corrected chi connectivity index (χ1v) is 7.64. The van der Waals surface area contributed by atoms with Crippen LogP contribution in [0, 0.1) is 0 Å². The molecule has 0 saturated heterocycles. The maximum atomic E-state index is 5.97. The zero-order chi connectivity index (χ0) is 14.2. The van der Waals surface area contributed by atoms with Crippen LogP contribution < -0.4 is 5.32 Å². The summed E-state index contributed by atoms with van der Waals surface area (Å²) < 4.78 is 11.6. The Balaban J connectivity index is 2.04. The van der Waals surface area contributed by atoms with Crippen LogP contribution in [0.2, 0.25) is 0 Å². The molecule has 1 N–H and O–H groups in total. The number of para-hydroxylation sites is 1. The molecule has 0 radical (unpaired) electrons. The molecular weight excluding hydrogens is 250 g/mol. The zero-order valence-electron chi connectivity index (χ0n) is 12.5. The summed E-state index contributed by atoms with van der Waals surface area (Å²) in [5.41, 5.74) is 0.959. The van der Waals surface area contributed by atoms with Gasteiger partial charge in [-0.3, -0.25) is 0 Å². The third-order valence-corrected chi connectivity index (χ3v) is 3.33. The van der Waals surface area contributed by atoms with Crippen LogP contribution in [0.5, 0.6) is 0 Å². The van der Waals surface area contributed by atoms with Gasteiger partial charge in [-0.1, -0.05) is 32.0 Å². The molecule has 0 saturated carbocycles. The first-order valence-electron chi connectivity index (χ1n) is 7.64. The van der Waals surface area contributed by atoms with E-state index in [4.69, 9.17) is 9.15 Å². The van der Waals surface area contributed by atoms with Crippen molar-refractivity contribution in [2.24, 2.45) is 0 Å². The molecule has 0 amide bonds. The summed E-state index contributed by atoms with van der Waals surface area (Å²) in [6.07, 6.45) is 3.13. The van der Waals surface area contributed by atoms with Crippen molar-refractivity contribution in [3.05, 3.63) is 36.1 Å². The topological polar surface area (TPSA) is 34.4 Å². The highest BCUT2D eigenvalue weighted by atomic mass is 16.5. The van der Waals surface area contributed by atoms with Crippen LogP contribution >= 0.6 is 0 Å². The molecule has 1 atom stereocenters. The monoisotopic (exact) mass is 275 g/mol. The minimum atomic E-state index is 0.235. The Morgan fingerprint density at radius 3 is 2.75 bits per heavy atom. The summed E-state index contributed by atoms with van der Waals surface area (Å²) in [5, 5.41) is 4.72. The van der Waals surface area contributed by atoms with E-state index in [9.17, 15) is 0 Å². The number of rotatable bonds is 9. The van der Waals surface area contributed by atoms with Crippen LogP contribution in [-0.4, -0.2) is 19.8 Å². The fourth-order valence-electron chi connectivity index (χ4n) is 2.29. The average Bonchev–Trinajstić information content (AvgIpc) is 2.90. The van der Waals surface area contributed by atoms with E-state index < -0.39 is 0 Å². The van der Waals surface area contributed by atoms with Crippen LogP contribution in [0.25, 0.3) is 11.0 Å². The zero-order valence-corrected chi connectivity index (χ0v) is 12.5. The normalized spacial score (nSPS) is 12.9. The molecule has 0 aliphatic carbocycles. The molecule has 1 aromatic heterocycles. The molecule has 20 heavy (non-hydrogen) atoms. The van der Waals surface area contributed by atoms with Crippen molar-refractivity contribution in [1.29, 1.82) is 0 Å². The van der Waals surface area contributed by atoms with E-state index in [0.717, 1.165) is 50.4 Å². The summed E-state index contributed by atoms with van der Waals surface area (Å²) in [6.45, 7) is 6.91. The van der Waals surface area contributed by atoms with Crippen LogP contribution in [0.1, 0.15) is 44.9 Å². The first kappa shape index (κ1) is 15.1. The molecule has 0 bridgehead atoms. The molecule has 2 aromatic rings. The van der Waals surface area contributed by atoms with Crippen LogP contribution in [-0.2, 0) is 4.74 Å². The summed E-state index contributed by atoms with van der Waals surface area (Å²) in [4.78, 5) is 0. The minimum absolute atomic E-state index is 0.235. The smallest absolute Gasteiger partial charge is 0.134 e. The van der Waals surface area contributed by atoms with Crippen molar-refractivity contribution >= 4 is 11.0 Å². The molecule has 0 fully saturated rings. The van der Waals surface area contributed by atoms with Gasteiger partial charge < -0.3 is 14.5 Å². The third-order valence-electron chi connectivity index (χ3n) is 3.33. The number of furan rings is 1. The maximum absolute atomic E-state index is 5.97. The van der Waals surface area contributed by atoms with E-state index in [1.165, 1.54) is 5.39 Å². The standard InChI is InChI=1S/C17H25NO2/c1-3-10-18-15(9-12-19-11-4-2)17-13-14-7-5-6-8-16(14)20-17/h5-8,13,15,18H,3-4,9-12H2,1-2H3. The van der Waals surface area contributed by atoms with Crippen molar-refractivity contribution in [2.75, 3.05) is 19.8 Å². The van der Waals surface area contributed by atoms with E-state index in [1.54, 1.807) is 0 Å². The lowest BCUT2D eigenvalue weighted by Crippen LogP contribution is -2.23. The fraction of sp³-hybridized carbons (Fsp3) is 0.529. The molecule has 0 aliphatic rings. The van der Waals surface area contributed by atoms with Gasteiger partial charge in [0.1, 0.15) is 11.3 Å². The Bertz CT molecular complexity index is 473. The number of hydrogen-bond donors (Lipinski definition) is 1. The van der Waals surface area contributed by atoms with Crippen molar-refractivity contribution in [3.8, 4) is 0 Å². The highest BCUT2D eigenvalue weighted by molar-refractivity contribution is 5.77. The molecule has 3 heteroatoms. The third kappa shape index (κ3) is 4.09. The van der Waals surface area contributed by atoms with Crippen molar-refractivity contribution in [2.45, 2.75) is 39.2 Å². The molecule has 110 valence electrons. The van der Waals surface area contributed by atoms with Gasteiger partial charge in [-0.2, -0.15) is 0 Å². The lowest BCUT2D eigenvalue weighted by atomic mass is 10.1. The van der Waals surface area contributed by atoms with Gasteiger partial charge in [0.25, 0.3) is 0 Å². The summed E-state index contributed by atoms with van der Waals surface area (Å²) in [7, 11) is 0. The highest BCUT2D eigenvalue weighted by Crippen LogP contribution is 2.25. The van der Waals surface area contributed by atoms with E-state index >= 15 is 0 Å². The lowest BCUT2D eigenvalue weighted by Gasteiger charge is -2.16. The van der Waals surface area contributed by atoms with Gasteiger partial charge in [0, 0.05) is 18.6 Å². The summed E-state index contributed by atoms with van der Waals surface area (Å²) >= 11 is 0. The van der Waals surface area contributed by atoms with Gasteiger partial charge in [0.2, 0.25) is 0 Å². The summed E-state index contributed by atoms with van der Waals surface area (Å²) in [5.74, 6) is 1.01. The van der Waals surface area contributed by atoms with Gasteiger partial charge in [-0.05, 0) is 37.9 Å². The number of hydrogen-bond acceptors (Lipinski definition) is 3. The van der Waals surface area contributed by atoms with E-state index in [0.29, 0.717) is 0 Å². The van der Waals surface area contributed by atoms with Gasteiger partial charge in [0.15, 0.2) is 0 Å². The second-order valence-corrected chi connectivity index (χ2v) is 5.09. The Kier molecular flexibility index (Phi) is 6.09. The highest BCUT2D eigenvalue weighted by Gasteiger charge is 2.15. The number of fused-ring (bicyclic) bond motifs is 1. The lowest BCUT2D eigenvalue weighted by molar-refractivity contribution is 0.122. The molecule has 2 rings (SSSR count). The Hall–Kier alpha value is -1.32. The van der Waals surface area contributed by atoms with Gasteiger partial charge in [0.05, 0.1) is 6.04 Å². The molecule has 1 aromatic carbocycles. The molecule has 1 heterocycles. The van der Waals surface area contributed by atoms with Gasteiger partial charge >= 0.3 is 0 Å². The molecule has 3 nitrogen and oxygen atoms in total. The minimum Gasteiger partial charge on any atom is -0.459 e. The van der Waals surface area contributed by atoms with E-state index in [1.807, 2.05) is 18.2 Å². The maximum Gasteiger partial charge on any atom is 0.134 e. The SMILES string of the molecule is CCCNC(CCOCCC)c1cc2ccccc2o1. The van der Waals surface area contributed by atoms with Gasteiger partial charge in [-0.25, -0.2) is 0 Å². The Morgan fingerprint density at radius 2 is 2.00 bits per heavy atom. The Morgan fingerprint density at radius 1 is 1.15 bits per heavy atom. The largest absolute Gasteiger partial charge is 0.459 e. The second-order valence-electron chi connectivity index (χ2n) is 5.09. The predicted octanol–water partition coefficient (Wildman–Crippen LogP) is 4.29. The average molecular weight is 275 g/mol. The second kappa shape index (κ2) is 8.08. The van der Waals surface area contributed by atoms with Crippen molar-refractivity contribution in [1.82, 2.24) is 5.32 Å². The quantitative estimate of drug-likeness (QED) is 0.693.